The van der Waals surface area contributed by atoms with Crippen LogP contribution in [0.3, 0.4) is 0 Å². The number of nitro benzene ring substituents is 1. The van der Waals surface area contributed by atoms with E-state index in [0.29, 0.717) is 6.42 Å². The summed E-state index contributed by atoms with van der Waals surface area (Å²) in [6.45, 7) is 2.01. The van der Waals surface area contributed by atoms with E-state index in [1.165, 1.54) is 6.07 Å². The maximum atomic E-state index is 13.3. The van der Waals surface area contributed by atoms with Gasteiger partial charge in [0.25, 0.3) is 0 Å². The number of hydrogen-bond donors (Lipinski definition) is 2. The highest BCUT2D eigenvalue weighted by Gasteiger charge is 2.17. The van der Waals surface area contributed by atoms with Crippen LogP contribution in [0.4, 0.5) is 15.8 Å². The molecule has 1 atom stereocenters. The number of nitrogens with zero attached hydrogens (tertiary/aromatic N) is 1. The van der Waals surface area contributed by atoms with Crippen molar-refractivity contribution < 1.29 is 14.1 Å². The van der Waals surface area contributed by atoms with Gasteiger partial charge in [0.1, 0.15) is 0 Å². The first-order valence-corrected chi connectivity index (χ1v) is 5.44. The molecule has 0 aromatic heterocycles. The summed E-state index contributed by atoms with van der Waals surface area (Å²) in [7, 11) is 0. The fourth-order valence-electron chi connectivity index (χ4n) is 1.44. The normalized spacial score (nSPS) is 11.9. The van der Waals surface area contributed by atoms with Gasteiger partial charge in [0.2, 0.25) is 11.7 Å². The number of anilines is 1. The molecule has 0 fully saturated rings. The van der Waals surface area contributed by atoms with Crippen molar-refractivity contribution in [3.63, 3.8) is 0 Å². The quantitative estimate of drug-likeness (QED) is 0.617. The first-order valence-electron chi connectivity index (χ1n) is 5.44. The molecule has 0 aliphatic carbocycles. The van der Waals surface area contributed by atoms with E-state index in [-0.39, 0.29) is 24.1 Å². The standard InChI is InChI=1S/C11H14FN3O3/c1-2-7(6-13)11(16)14-8-3-4-10(15(17)18)9(12)5-8/h3-5,7H,2,6,13H2,1H3,(H,14,16). The second kappa shape index (κ2) is 6.06. The maximum absolute atomic E-state index is 13.3. The van der Waals surface area contributed by atoms with Gasteiger partial charge in [-0.15, -0.1) is 0 Å². The number of benzene rings is 1. The van der Waals surface area contributed by atoms with Crippen LogP contribution in [-0.2, 0) is 4.79 Å². The van der Waals surface area contributed by atoms with E-state index in [9.17, 15) is 19.3 Å². The monoisotopic (exact) mass is 255 g/mol. The third-order valence-corrected chi connectivity index (χ3v) is 2.56. The summed E-state index contributed by atoms with van der Waals surface area (Å²) in [5.74, 6) is -1.67. The summed E-state index contributed by atoms with van der Waals surface area (Å²) in [6.07, 6.45) is 0.567. The Morgan fingerprint density at radius 3 is 2.72 bits per heavy atom. The lowest BCUT2D eigenvalue weighted by Gasteiger charge is -2.12. The zero-order valence-electron chi connectivity index (χ0n) is 9.85. The van der Waals surface area contributed by atoms with Gasteiger partial charge in [0, 0.05) is 24.4 Å². The lowest BCUT2D eigenvalue weighted by molar-refractivity contribution is -0.387. The molecule has 1 aromatic carbocycles. The molecule has 0 aliphatic heterocycles. The molecule has 6 nitrogen and oxygen atoms in total. The van der Waals surface area contributed by atoms with Crippen LogP contribution in [0.15, 0.2) is 18.2 Å². The molecular weight excluding hydrogens is 241 g/mol. The Morgan fingerprint density at radius 2 is 2.28 bits per heavy atom. The van der Waals surface area contributed by atoms with Gasteiger partial charge in [-0.05, 0) is 12.5 Å². The minimum Gasteiger partial charge on any atom is -0.330 e. The minimum atomic E-state index is -0.987. The van der Waals surface area contributed by atoms with Crippen LogP contribution < -0.4 is 11.1 Å². The van der Waals surface area contributed by atoms with E-state index < -0.39 is 16.4 Å². The van der Waals surface area contributed by atoms with Gasteiger partial charge in [-0.1, -0.05) is 6.92 Å². The second-order valence-corrected chi connectivity index (χ2v) is 3.75. The molecule has 18 heavy (non-hydrogen) atoms. The van der Waals surface area contributed by atoms with Crippen molar-refractivity contribution in [2.75, 3.05) is 11.9 Å². The van der Waals surface area contributed by atoms with Crippen molar-refractivity contribution in [3.05, 3.63) is 34.1 Å². The van der Waals surface area contributed by atoms with Crippen LogP contribution in [0.2, 0.25) is 0 Å². The van der Waals surface area contributed by atoms with E-state index >= 15 is 0 Å². The Balaban J connectivity index is 2.83. The smallest absolute Gasteiger partial charge is 0.304 e. The van der Waals surface area contributed by atoms with Gasteiger partial charge in [0.05, 0.1) is 10.8 Å². The van der Waals surface area contributed by atoms with Crippen molar-refractivity contribution in [2.45, 2.75) is 13.3 Å². The number of nitrogens with two attached hydrogens (primary N) is 1. The molecule has 3 N–H and O–H groups in total. The first-order chi connectivity index (χ1) is 8.49. The lowest BCUT2D eigenvalue weighted by atomic mass is 10.1. The number of hydrogen-bond acceptors (Lipinski definition) is 4. The molecule has 0 saturated carbocycles. The highest BCUT2D eigenvalue weighted by molar-refractivity contribution is 5.92. The summed E-state index contributed by atoms with van der Waals surface area (Å²) >= 11 is 0. The predicted octanol–water partition coefficient (Wildman–Crippen LogP) is 1.66. The summed E-state index contributed by atoms with van der Waals surface area (Å²) in [4.78, 5) is 21.3. The summed E-state index contributed by atoms with van der Waals surface area (Å²) in [5.41, 5.74) is 4.96. The molecule has 7 heteroatoms. The molecule has 98 valence electrons. The Hall–Kier alpha value is -2.02. The molecular formula is C11H14FN3O3. The lowest BCUT2D eigenvalue weighted by Crippen LogP contribution is -2.28. The SMILES string of the molecule is CCC(CN)C(=O)Nc1ccc([N+](=O)[O-])c(F)c1. The Labute approximate surface area is 103 Å². The van der Waals surface area contributed by atoms with Crippen molar-refractivity contribution in [1.82, 2.24) is 0 Å². The summed E-state index contributed by atoms with van der Waals surface area (Å²) < 4.78 is 13.3. The van der Waals surface area contributed by atoms with Crippen LogP contribution >= 0.6 is 0 Å². The van der Waals surface area contributed by atoms with Crippen LogP contribution in [0.1, 0.15) is 13.3 Å². The fourth-order valence-corrected chi connectivity index (χ4v) is 1.44. The number of rotatable bonds is 5. The van der Waals surface area contributed by atoms with Crippen molar-refractivity contribution in [2.24, 2.45) is 11.7 Å². The van der Waals surface area contributed by atoms with E-state index in [1.807, 2.05) is 6.92 Å². The maximum Gasteiger partial charge on any atom is 0.304 e. The average molecular weight is 255 g/mol. The molecule has 0 bridgehead atoms. The van der Waals surface area contributed by atoms with Gasteiger partial charge in [-0.25, -0.2) is 0 Å². The molecule has 0 heterocycles. The number of carbonyl (C=O) groups is 1. The van der Waals surface area contributed by atoms with E-state index in [0.717, 1.165) is 12.1 Å². The molecule has 1 rings (SSSR count). The third kappa shape index (κ3) is 3.24. The van der Waals surface area contributed by atoms with Gasteiger partial charge in [-0.2, -0.15) is 4.39 Å². The molecule has 0 saturated heterocycles. The summed E-state index contributed by atoms with van der Waals surface area (Å²) in [6, 6.07) is 3.20. The summed E-state index contributed by atoms with van der Waals surface area (Å²) in [5, 5.41) is 12.9. The number of nitrogens with one attached hydrogen (secondary N) is 1. The Morgan fingerprint density at radius 1 is 1.61 bits per heavy atom. The molecule has 1 amide bonds. The van der Waals surface area contributed by atoms with Gasteiger partial charge in [0.15, 0.2) is 0 Å². The molecule has 1 unspecified atom stereocenters. The first kappa shape index (κ1) is 14.0. The van der Waals surface area contributed by atoms with Gasteiger partial charge < -0.3 is 11.1 Å². The molecule has 0 aliphatic rings. The molecule has 1 aromatic rings. The zero-order chi connectivity index (χ0) is 13.7. The largest absolute Gasteiger partial charge is 0.330 e. The molecule has 0 spiro atoms. The van der Waals surface area contributed by atoms with E-state index in [2.05, 4.69) is 5.32 Å². The predicted molar refractivity (Wildman–Crippen MR) is 64.5 cm³/mol. The fraction of sp³-hybridized carbons (Fsp3) is 0.364. The average Bonchev–Trinajstić information content (AvgIpc) is 2.30. The highest BCUT2D eigenvalue weighted by Crippen LogP contribution is 2.21. The van der Waals surface area contributed by atoms with Crippen LogP contribution in [0.25, 0.3) is 0 Å². The topological polar surface area (TPSA) is 98.3 Å². The van der Waals surface area contributed by atoms with Crippen molar-refractivity contribution >= 4 is 17.3 Å². The third-order valence-electron chi connectivity index (χ3n) is 2.56. The van der Waals surface area contributed by atoms with E-state index in [1.54, 1.807) is 0 Å². The Bertz CT molecular complexity index is 461. The van der Waals surface area contributed by atoms with Gasteiger partial charge in [-0.3, -0.25) is 14.9 Å². The van der Waals surface area contributed by atoms with E-state index in [4.69, 9.17) is 5.73 Å². The minimum absolute atomic E-state index is 0.176. The number of amides is 1. The second-order valence-electron chi connectivity index (χ2n) is 3.75. The molecule has 0 radical (unpaired) electrons. The van der Waals surface area contributed by atoms with Gasteiger partial charge >= 0.3 is 5.69 Å². The highest BCUT2D eigenvalue weighted by atomic mass is 19.1. The van der Waals surface area contributed by atoms with Crippen molar-refractivity contribution in [1.29, 1.82) is 0 Å². The number of nitro groups is 1. The Kier molecular flexibility index (Phi) is 4.73. The van der Waals surface area contributed by atoms with Crippen LogP contribution in [0, 0.1) is 21.8 Å². The number of carbonyl (C=O) groups excluding carboxylic acids is 1. The zero-order valence-corrected chi connectivity index (χ0v) is 9.85. The number of halogens is 1. The van der Waals surface area contributed by atoms with Crippen LogP contribution in [0.5, 0.6) is 0 Å². The van der Waals surface area contributed by atoms with Crippen LogP contribution in [-0.4, -0.2) is 17.4 Å². The van der Waals surface area contributed by atoms with Crippen molar-refractivity contribution in [3.8, 4) is 0 Å².